The van der Waals surface area contributed by atoms with E-state index in [9.17, 15) is 27.1 Å². The summed E-state index contributed by atoms with van der Waals surface area (Å²) < 4.78 is 56.1. The van der Waals surface area contributed by atoms with Crippen molar-refractivity contribution in [3.8, 4) is 11.4 Å². The topological polar surface area (TPSA) is 113 Å². The number of phenols is 1. The number of aromatic hydroxyl groups is 1. The average Bonchev–Trinajstić information content (AvgIpc) is 3.20. The molecule has 0 aliphatic carbocycles. The SMILES string of the molecule is CC(c1ccc2c(cnn2-c2cc(O)c(F)c(F)c2)c1)S(=O)(=O)NC(=O)C1CCNCC1. The summed E-state index contributed by atoms with van der Waals surface area (Å²) in [5.41, 5.74) is 1.05. The molecule has 1 aliphatic rings. The van der Waals surface area contributed by atoms with Gasteiger partial charge in [-0.2, -0.15) is 9.49 Å². The van der Waals surface area contributed by atoms with E-state index >= 15 is 0 Å². The molecule has 3 aromatic rings. The Kier molecular flexibility index (Phi) is 5.87. The van der Waals surface area contributed by atoms with Crippen molar-refractivity contribution in [3.63, 3.8) is 0 Å². The molecule has 2 aromatic carbocycles. The first-order valence-corrected chi connectivity index (χ1v) is 11.6. The van der Waals surface area contributed by atoms with Crippen LogP contribution in [-0.2, 0) is 14.8 Å². The predicted molar refractivity (Wildman–Crippen MR) is 114 cm³/mol. The van der Waals surface area contributed by atoms with Crippen LogP contribution < -0.4 is 10.0 Å². The summed E-state index contributed by atoms with van der Waals surface area (Å²) in [6.07, 6.45) is 2.62. The smallest absolute Gasteiger partial charge is 0.241 e. The molecule has 0 radical (unpaired) electrons. The molecule has 1 atom stereocenters. The van der Waals surface area contributed by atoms with Gasteiger partial charge in [-0.15, -0.1) is 0 Å². The molecule has 32 heavy (non-hydrogen) atoms. The highest BCUT2D eigenvalue weighted by molar-refractivity contribution is 7.90. The third kappa shape index (κ3) is 4.17. The van der Waals surface area contributed by atoms with Gasteiger partial charge in [-0.3, -0.25) is 9.52 Å². The van der Waals surface area contributed by atoms with Gasteiger partial charge >= 0.3 is 0 Å². The number of benzene rings is 2. The molecule has 1 aliphatic heterocycles. The number of rotatable bonds is 5. The largest absolute Gasteiger partial charge is 0.505 e. The standard InChI is InChI=1S/C21H22F2N4O4S/c1-12(32(30,31)26-21(29)13-4-6-24-7-5-13)14-2-3-18-15(8-14)11-25-27(18)16-9-17(22)20(23)19(28)10-16/h2-3,8-13,24,28H,4-7H2,1H3,(H,26,29). The molecule has 4 rings (SSSR count). The Balaban J connectivity index is 1.59. The predicted octanol–water partition coefficient (Wildman–Crippen LogP) is 2.52. The van der Waals surface area contributed by atoms with Gasteiger partial charge < -0.3 is 10.4 Å². The zero-order valence-corrected chi connectivity index (χ0v) is 18.0. The van der Waals surface area contributed by atoms with Crippen molar-refractivity contribution in [3.05, 3.63) is 53.7 Å². The van der Waals surface area contributed by atoms with Crippen LogP contribution in [0.3, 0.4) is 0 Å². The van der Waals surface area contributed by atoms with Gasteiger partial charge in [-0.1, -0.05) is 6.07 Å². The second-order valence-corrected chi connectivity index (χ2v) is 9.81. The highest BCUT2D eigenvalue weighted by Crippen LogP contribution is 2.29. The van der Waals surface area contributed by atoms with Gasteiger partial charge in [-0.05, 0) is 50.6 Å². The first-order valence-electron chi connectivity index (χ1n) is 10.1. The molecule has 1 amide bonds. The quantitative estimate of drug-likeness (QED) is 0.535. The average molecular weight is 464 g/mol. The molecule has 170 valence electrons. The second kappa shape index (κ2) is 8.47. The van der Waals surface area contributed by atoms with Crippen LogP contribution in [0.2, 0.25) is 0 Å². The number of hydrogen-bond acceptors (Lipinski definition) is 6. The number of nitrogens with one attached hydrogen (secondary N) is 2. The van der Waals surface area contributed by atoms with Crippen LogP contribution in [0.1, 0.15) is 30.6 Å². The Labute approximate surface area is 183 Å². The summed E-state index contributed by atoms with van der Waals surface area (Å²) in [7, 11) is -3.96. The molecular formula is C21H22F2N4O4S. The molecule has 8 nitrogen and oxygen atoms in total. The molecule has 1 fully saturated rings. The molecule has 3 N–H and O–H groups in total. The van der Waals surface area contributed by atoms with Crippen LogP contribution in [0, 0.1) is 17.6 Å². The van der Waals surface area contributed by atoms with Crippen LogP contribution in [0.5, 0.6) is 5.75 Å². The fourth-order valence-electron chi connectivity index (χ4n) is 3.77. The van der Waals surface area contributed by atoms with E-state index in [1.54, 1.807) is 18.2 Å². The van der Waals surface area contributed by atoms with Gasteiger partial charge in [0.2, 0.25) is 15.9 Å². The number of sulfonamides is 1. The van der Waals surface area contributed by atoms with Crippen LogP contribution in [-0.4, -0.2) is 42.3 Å². The molecule has 1 unspecified atom stereocenters. The Morgan fingerprint density at radius 3 is 2.66 bits per heavy atom. The number of fused-ring (bicyclic) bond motifs is 1. The molecular weight excluding hydrogens is 442 g/mol. The van der Waals surface area contributed by atoms with Crippen molar-refractivity contribution in [1.29, 1.82) is 0 Å². The number of carbonyl (C=O) groups is 1. The second-order valence-electron chi connectivity index (χ2n) is 7.81. The minimum atomic E-state index is -3.96. The van der Waals surface area contributed by atoms with Crippen molar-refractivity contribution in [1.82, 2.24) is 19.8 Å². The van der Waals surface area contributed by atoms with E-state index in [1.807, 2.05) is 0 Å². The lowest BCUT2D eigenvalue weighted by atomic mass is 9.98. The van der Waals surface area contributed by atoms with Gasteiger partial charge in [0.1, 0.15) is 5.25 Å². The minimum Gasteiger partial charge on any atom is -0.505 e. The van der Waals surface area contributed by atoms with Gasteiger partial charge in [0.15, 0.2) is 17.4 Å². The van der Waals surface area contributed by atoms with Gasteiger partial charge in [-0.25, -0.2) is 17.5 Å². The van der Waals surface area contributed by atoms with Crippen LogP contribution in [0.15, 0.2) is 36.5 Å². The number of carbonyl (C=O) groups excluding carboxylic acids is 1. The Hall–Kier alpha value is -3.05. The number of nitrogens with zero attached hydrogens (tertiary/aromatic N) is 2. The van der Waals surface area contributed by atoms with E-state index in [1.165, 1.54) is 17.8 Å². The number of halogens is 2. The van der Waals surface area contributed by atoms with Crippen molar-refractivity contribution in [2.45, 2.75) is 25.0 Å². The lowest BCUT2D eigenvalue weighted by Gasteiger charge is -2.23. The summed E-state index contributed by atoms with van der Waals surface area (Å²) in [5.74, 6) is -4.25. The summed E-state index contributed by atoms with van der Waals surface area (Å²) in [6.45, 7) is 2.82. The maximum atomic E-state index is 13.7. The highest BCUT2D eigenvalue weighted by atomic mass is 32.2. The number of hydrogen-bond donors (Lipinski definition) is 3. The fraction of sp³-hybridized carbons (Fsp3) is 0.333. The number of aromatic nitrogens is 2. The number of amides is 1. The molecule has 0 saturated carbocycles. The van der Waals surface area contributed by atoms with Gasteiger partial charge in [0, 0.05) is 23.4 Å². The summed E-state index contributed by atoms with van der Waals surface area (Å²) in [4.78, 5) is 12.4. The minimum absolute atomic E-state index is 0.110. The third-order valence-corrected chi connectivity index (χ3v) is 7.41. The zero-order chi connectivity index (χ0) is 23.0. The molecule has 0 spiro atoms. The Morgan fingerprint density at radius 1 is 1.25 bits per heavy atom. The molecule has 1 saturated heterocycles. The van der Waals surface area contributed by atoms with E-state index in [4.69, 9.17) is 0 Å². The van der Waals surface area contributed by atoms with E-state index < -0.39 is 38.6 Å². The summed E-state index contributed by atoms with van der Waals surface area (Å²) in [5, 5.41) is 16.4. The van der Waals surface area contributed by atoms with E-state index in [2.05, 4.69) is 15.1 Å². The molecule has 2 heterocycles. The van der Waals surface area contributed by atoms with Gasteiger partial charge in [0.25, 0.3) is 0 Å². The fourth-order valence-corrected chi connectivity index (χ4v) is 4.90. The monoisotopic (exact) mass is 464 g/mol. The lowest BCUT2D eigenvalue weighted by Crippen LogP contribution is -2.41. The maximum absolute atomic E-state index is 13.7. The van der Waals surface area contributed by atoms with E-state index in [0.717, 1.165) is 12.1 Å². The van der Waals surface area contributed by atoms with Gasteiger partial charge in [0.05, 0.1) is 17.4 Å². The molecule has 11 heteroatoms. The Morgan fingerprint density at radius 2 is 1.97 bits per heavy atom. The van der Waals surface area contributed by atoms with Crippen molar-refractivity contribution >= 4 is 26.8 Å². The lowest BCUT2D eigenvalue weighted by molar-refractivity contribution is -0.123. The Bertz CT molecular complexity index is 1260. The number of phenolic OH excluding ortho intramolecular Hbond substituents is 1. The normalized spacial score (nSPS) is 16.2. The molecule has 1 aromatic heterocycles. The van der Waals surface area contributed by atoms with Crippen LogP contribution in [0.4, 0.5) is 8.78 Å². The van der Waals surface area contributed by atoms with E-state index in [-0.39, 0.29) is 11.6 Å². The van der Waals surface area contributed by atoms with E-state index in [0.29, 0.717) is 42.4 Å². The van der Waals surface area contributed by atoms with Crippen LogP contribution in [0.25, 0.3) is 16.6 Å². The third-order valence-electron chi connectivity index (χ3n) is 5.72. The zero-order valence-electron chi connectivity index (χ0n) is 17.2. The highest BCUT2D eigenvalue weighted by Gasteiger charge is 2.29. The van der Waals surface area contributed by atoms with Crippen molar-refractivity contribution in [2.75, 3.05) is 13.1 Å². The summed E-state index contributed by atoms with van der Waals surface area (Å²) >= 11 is 0. The van der Waals surface area contributed by atoms with Crippen LogP contribution >= 0.6 is 0 Å². The maximum Gasteiger partial charge on any atom is 0.241 e. The first kappa shape index (κ1) is 22.2. The summed E-state index contributed by atoms with van der Waals surface area (Å²) in [6, 6.07) is 6.72. The number of piperidine rings is 1. The van der Waals surface area contributed by atoms with Crippen molar-refractivity contribution < 1.29 is 27.1 Å². The molecule has 0 bridgehead atoms. The first-order chi connectivity index (χ1) is 15.2. The van der Waals surface area contributed by atoms with Crippen molar-refractivity contribution in [2.24, 2.45) is 5.92 Å².